The molecule has 1 amide bonds. The van der Waals surface area contributed by atoms with Gasteiger partial charge in [-0.25, -0.2) is 9.37 Å². The summed E-state index contributed by atoms with van der Waals surface area (Å²) >= 11 is 0. The number of aromatic amines is 1. The average Bonchev–Trinajstić information content (AvgIpc) is 3.20. The maximum absolute atomic E-state index is 12.8. The third-order valence-electron chi connectivity index (χ3n) is 3.91. The van der Waals surface area contributed by atoms with Crippen molar-refractivity contribution in [3.63, 3.8) is 0 Å². The van der Waals surface area contributed by atoms with Crippen LogP contribution >= 0.6 is 0 Å². The molecule has 2 atom stereocenters. The summed E-state index contributed by atoms with van der Waals surface area (Å²) in [5.41, 5.74) is 0.361. The van der Waals surface area contributed by atoms with Crippen molar-refractivity contribution in [2.24, 2.45) is 0 Å². The van der Waals surface area contributed by atoms with E-state index in [0.29, 0.717) is 37.7 Å². The molecule has 0 unspecified atom stereocenters. The number of imidazole rings is 1. The zero-order chi connectivity index (χ0) is 16.9. The molecule has 3 rings (SSSR count). The predicted molar refractivity (Wildman–Crippen MR) is 84.2 cm³/mol. The first-order valence-electron chi connectivity index (χ1n) is 7.70. The second-order valence-electron chi connectivity index (χ2n) is 5.67. The standard InChI is InChI=1S/C16H19FN4O3/c17-11-1-3-12(4-2-11)24-6-5-21-8-14(15(22)9-21)20-16(23)13-7-18-10-19-13/h1-4,7,10,14-15,22H,5-6,8-9H2,(H,18,19)(H,20,23)/t14-,15-/m1/s1. The Bertz CT molecular complexity index is 662. The number of hydrogen-bond acceptors (Lipinski definition) is 5. The fraction of sp³-hybridized carbons (Fsp3) is 0.375. The van der Waals surface area contributed by atoms with E-state index in [9.17, 15) is 14.3 Å². The normalized spacial score (nSPS) is 20.9. The summed E-state index contributed by atoms with van der Waals surface area (Å²) in [5.74, 6) is 0.00192. The van der Waals surface area contributed by atoms with Crippen LogP contribution in [0.15, 0.2) is 36.8 Å². The molecule has 0 spiro atoms. The van der Waals surface area contributed by atoms with E-state index in [1.54, 1.807) is 12.1 Å². The van der Waals surface area contributed by atoms with E-state index in [-0.39, 0.29) is 17.8 Å². The predicted octanol–water partition coefficient (Wildman–Crippen LogP) is 0.403. The van der Waals surface area contributed by atoms with Crippen molar-refractivity contribution in [2.75, 3.05) is 26.2 Å². The van der Waals surface area contributed by atoms with E-state index in [1.165, 1.54) is 24.7 Å². The monoisotopic (exact) mass is 334 g/mol. The van der Waals surface area contributed by atoms with Crippen LogP contribution in [0.2, 0.25) is 0 Å². The number of nitrogens with one attached hydrogen (secondary N) is 2. The van der Waals surface area contributed by atoms with E-state index < -0.39 is 6.10 Å². The van der Waals surface area contributed by atoms with Crippen molar-refractivity contribution in [3.05, 3.63) is 48.3 Å². The summed E-state index contributed by atoms with van der Waals surface area (Å²) in [6.45, 7) is 2.01. The number of aliphatic hydroxyl groups excluding tert-OH is 1. The van der Waals surface area contributed by atoms with Crippen LogP contribution in [0.5, 0.6) is 5.75 Å². The number of rotatable bonds is 6. The number of aromatic nitrogens is 2. The molecule has 24 heavy (non-hydrogen) atoms. The molecule has 2 heterocycles. The first-order chi connectivity index (χ1) is 11.6. The van der Waals surface area contributed by atoms with Crippen molar-refractivity contribution in [1.29, 1.82) is 0 Å². The second-order valence-corrected chi connectivity index (χ2v) is 5.67. The van der Waals surface area contributed by atoms with Crippen LogP contribution in [0.1, 0.15) is 10.5 Å². The molecule has 2 aromatic rings. The molecule has 1 aromatic heterocycles. The molecule has 0 radical (unpaired) electrons. The van der Waals surface area contributed by atoms with Crippen molar-refractivity contribution >= 4 is 5.91 Å². The number of likely N-dealkylation sites (tertiary alicyclic amines) is 1. The highest BCUT2D eigenvalue weighted by Gasteiger charge is 2.32. The number of benzene rings is 1. The van der Waals surface area contributed by atoms with Crippen molar-refractivity contribution in [1.82, 2.24) is 20.2 Å². The number of carbonyl (C=O) groups is 1. The fourth-order valence-electron chi connectivity index (χ4n) is 2.64. The molecular weight excluding hydrogens is 315 g/mol. The molecule has 1 saturated heterocycles. The third kappa shape index (κ3) is 4.09. The van der Waals surface area contributed by atoms with Crippen molar-refractivity contribution in [2.45, 2.75) is 12.1 Å². The van der Waals surface area contributed by atoms with Crippen LogP contribution in [-0.2, 0) is 0 Å². The molecule has 0 saturated carbocycles. The van der Waals surface area contributed by atoms with Gasteiger partial charge in [0.2, 0.25) is 0 Å². The Balaban J connectivity index is 1.43. The Labute approximate surface area is 138 Å². The summed E-state index contributed by atoms with van der Waals surface area (Å²) in [4.78, 5) is 20.5. The smallest absolute Gasteiger partial charge is 0.269 e. The number of aliphatic hydroxyl groups is 1. The maximum atomic E-state index is 12.8. The Morgan fingerprint density at radius 3 is 2.92 bits per heavy atom. The number of amides is 1. The van der Waals surface area contributed by atoms with Gasteiger partial charge in [-0.05, 0) is 24.3 Å². The molecule has 7 nitrogen and oxygen atoms in total. The minimum Gasteiger partial charge on any atom is -0.492 e. The Kier molecular flexibility index (Phi) is 5.07. The van der Waals surface area contributed by atoms with E-state index >= 15 is 0 Å². The molecule has 1 aliphatic heterocycles. The first kappa shape index (κ1) is 16.4. The lowest BCUT2D eigenvalue weighted by Gasteiger charge is -2.16. The summed E-state index contributed by atoms with van der Waals surface area (Å²) < 4.78 is 18.4. The van der Waals surface area contributed by atoms with Gasteiger partial charge in [0, 0.05) is 19.6 Å². The van der Waals surface area contributed by atoms with E-state index in [0.717, 1.165) is 0 Å². The van der Waals surface area contributed by atoms with E-state index in [4.69, 9.17) is 4.74 Å². The first-order valence-corrected chi connectivity index (χ1v) is 7.70. The zero-order valence-corrected chi connectivity index (χ0v) is 13.0. The van der Waals surface area contributed by atoms with Gasteiger partial charge in [-0.3, -0.25) is 9.69 Å². The van der Waals surface area contributed by atoms with Gasteiger partial charge in [-0.1, -0.05) is 0 Å². The lowest BCUT2D eigenvalue weighted by molar-refractivity contribution is 0.0883. The number of ether oxygens (including phenoxy) is 1. The number of hydrogen-bond donors (Lipinski definition) is 3. The average molecular weight is 334 g/mol. The Morgan fingerprint density at radius 1 is 1.42 bits per heavy atom. The van der Waals surface area contributed by atoms with Crippen LogP contribution in [0.25, 0.3) is 0 Å². The minimum absolute atomic E-state index is 0.291. The maximum Gasteiger partial charge on any atom is 0.269 e. The largest absolute Gasteiger partial charge is 0.492 e. The van der Waals surface area contributed by atoms with Crippen molar-refractivity contribution < 1.29 is 19.0 Å². The minimum atomic E-state index is -0.636. The number of H-pyrrole nitrogens is 1. The summed E-state index contributed by atoms with van der Waals surface area (Å²) in [6.07, 6.45) is 2.23. The number of nitrogens with zero attached hydrogens (tertiary/aromatic N) is 2. The molecule has 1 aromatic carbocycles. The second kappa shape index (κ2) is 7.41. The van der Waals surface area contributed by atoms with E-state index in [1.807, 2.05) is 4.90 Å². The molecular formula is C16H19FN4O3. The zero-order valence-electron chi connectivity index (χ0n) is 13.0. The SMILES string of the molecule is O=C(N[C@@H]1CN(CCOc2ccc(F)cc2)C[C@H]1O)c1cnc[nH]1. The summed E-state index contributed by atoms with van der Waals surface area (Å²) in [6, 6.07) is 5.49. The fourth-order valence-corrected chi connectivity index (χ4v) is 2.64. The van der Waals surface area contributed by atoms with Gasteiger partial charge in [0.15, 0.2) is 0 Å². The van der Waals surface area contributed by atoms with Crippen LogP contribution in [0.4, 0.5) is 4.39 Å². The van der Waals surface area contributed by atoms with Gasteiger partial charge in [0.25, 0.3) is 5.91 Å². The molecule has 1 aliphatic rings. The molecule has 128 valence electrons. The third-order valence-corrected chi connectivity index (χ3v) is 3.91. The molecule has 0 bridgehead atoms. The highest BCUT2D eigenvalue weighted by Crippen LogP contribution is 2.13. The van der Waals surface area contributed by atoms with Gasteiger partial charge >= 0.3 is 0 Å². The number of carbonyl (C=O) groups excluding carboxylic acids is 1. The van der Waals surface area contributed by atoms with Gasteiger partial charge in [-0.15, -0.1) is 0 Å². The van der Waals surface area contributed by atoms with Crippen molar-refractivity contribution in [3.8, 4) is 5.75 Å². The molecule has 8 heteroatoms. The van der Waals surface area contributed by atoms with Gasteiger partial charge < -0.3 is 20.1 Å². The highest BCUT2D eigenvalue weighted by molar-refractivity contribution is 5.92. The van der Waals surface area contributed by atoms with Gasteiger partial charge in [-0.2, -0.15) is 0 Å². The van der Waals surface area contributed by atoms with Gasteiger partial charge in [0.1, 0.15) is 23.9 Å². The summed E-state index contributed by atoms with van der Waals surface area (Å²) in [7, 11) is 0. The molecule has 1 fully saturated rings. The Morgan fingerprint density at radius 2 is 2.21 bits per heavy atom. The molecule has 3 N–H and O–H groups in total. The Hall–Kier alpha value is -2.45. The molecule has 0 aliphatic carbocycles. The van der Waals surface area contributed by atoms with Gasteiger partial charge in [0.05, 0.1) is 24.7 Å². The lowest BCUT2D eigenvalue weighted by atomic mass is 10.2. The van der Waals surface area contributed by atoms with Crippen LogP contribution in [0, 0.1) is 5.82 Å². The quantitative estimate of drug-likeness (QED) is 0.712. The lowest BCUT2D eigenvalue weighted by Crippen LogP contribution is -2.43. The topological polar surface area (TPSA) is 90.5 Å². The van der Waals surface area contributed by atoms with E-state index in [2.05, 4.69) is 15.3 Å². The summed E-state index contributed by atoms with van der Waals surface area (Å²) in [5, 5.41) is 12.9. The van der Waals surface area contributed by atoms with Crippen LogP contribution in [-0.4, -0.2) is 64.3 Å². The van der Waals surface area contributed by atoms with Crippen LogP contribution in [0.3, 0.4) is 0 Å². The van der Waals surface area contributed by atoms with Crippen LogP contribution < -0.4 is 10.1 Å². The number of β-amino-alcohol motifs (C(OH)–C–C–N with tert-alkyl or cyclic N) is 1. The number of halogens is 1. The highest BCUT2D eigenvalue weighted by atomic mass is 19.1.